The zero-order valence-electron chi connectivity index (χ0n) is 19.3. The largest absolute Gasteiger partial charge is 0.383 e. The number of halogens is 2. The van der Waals surface area contributed by atoms with Crippen molar-refractivity contribution < 1.29 is 9.53 Å². The molecule has 0 aliphatic heterocycles. The number of nitrogens with one attached hydrogen (secondary N) is 1. The van der Waals surface area contributed by atoms with Crippen LogP contribution in [0, 0.1) is 5.92 Å². The van der Waals surface area contributed by atoms with Gasteiger partial charge in [-0.3, -0.25) is 9.48 Å². The number of nitrogen functional groups attached to an aromatic ring is 1. The number of aromatic nitrogens is 4. The van der Waals surface area contributed by atoms with Crippen LogP contribution < -0.4 is 16.8 Å². The van der Waals surface area contributed by atoms with Gasteiger partial charge in [0.05, 0.1) is 41.7 Å². The summed E-state index contributed by atoms with van der Waals surface area (Å²) >= 11 is 12.7. The highest BCUT2D eigenvalue weighted by Gasteiger charge is 2.44. The van der Waals surface area contributed by atoms with Crippen LogP contribution in [0.4, 0.5) is 11.6 Å². The van der Waals surface area contributed by atoms with E-state index < -0.39 is 0 Å². The zero-order chi connectivity index (χ0) is 25.2. The topological polar surface area (TPSA) is 134 Å². The fraction of sp³-hybridized carbons (Fsp3) is 0.280. The lowest BCUT2D eigenvalue weighted by Crippen LogP contribution is -2.15. The number of benzene rings is 1. The summed E-state index contributed by atoms with van der Waals surface area (Å²) in [5.74, 6) is 0.665. The number of ether oxygens (including phenoxy) is 1. The number of pyridine rings is 2. The predicted molar refractivity (Wildman–Crippen MR) is 141 cm³/mol. The highest BCUT2D eigenvalue weighted by atomic mass is 35.5. The van der Waals surface area contributed by atoms with Crippen molar-refractivity contribution in [2.24, 2.45) is 11.7 Å². The molecular weight excluding hydrogens is 501 g/mol. The van der Waals surface area contributed by atoms with Crippen molar-refractivity contribution in [1.29, 1.82) is 0 Å². The fourth-order valence-electron chi connectivity index (χ4n) is 4.22. The van der Waals surface area contributed by atoms with Gasteiger partial charge in [0.25, 0.3) is 0 Å². The van der Waals surface area contributed by atoms with Gasteiger partial charge < -0.3 is 21.5 Å². The highest BCUT2D eigenvalue weighted by Crippen LogP contribution is 2.48. The van der Waals surface area contributed by atoms with Gasteiger partial charge in [0.1, 0.15) is 11.6 Å². The molecule has 11 heteroatoms. The molecule has 0 radical (unpaired) electrons. The Morgan fingerprint density at radius 1 is 1.19 bits per heavy atom. The quantitative estimate of drug-likeness (QED) is 0.280. The molecule has 36 heavy (non-hydrogen) atoms. The molecule has 0 unspecified atom stereocenters. The Morgan fingerprint density at radius 2 is 2.00 bits per heavy atom. The molecule has 0 bridgehead atoms. The monoisotopic (exact) mass is 525 g/mol. The molecule has 3 aromatic heterocycles. The maximum absolute atomic E-state index is 12.9. The van der Waals surface area contributed by atoms with E-state index in [0.717, 1.165) is 17.4 Å². The van der Waals surface area contributed by atoms with Crippen LogP contribution in [0.2, 0.25) is 10.0 Å². The summed E-state index contributed by atoms with van der Waals surface area (Å²) < 4.78 is 7.22. The van der Waals surface area contributed by atoms with Crippen LogP contribution in [0.1, 0.15) is 17.9 Å². The second-order valence-corrected chi connectivity index (χ2v) is 9.47. The van der Waals surface area contributed by atoms with E-state index in [0.29, 0.717) is 64.6 Å². The SMILES string of the molecule is NCCOCCn1cc([C@@H]2C[C@H]2C(=O)Nc2cc3cc(-c4c(Cl)cccc4Cl)nc(N)c3cn2)cn1. The molecule has 1 aliphatic rings. The number of fused-ring (bicyclic) bond motifs is 1. The molecule has 3 heterocycles. The van der Waals surface area contributed by atoms with E-state index in [-0.39, 0.29) is 17.7 Å². The van der Waals surface area contributed by atoms with Gasteiger partial charge in [-0.15, -0.1) is 0 Å². The standard InChI is InChI=1S/C25H25Cl2N7O2/c26-19-2-1-3-20(27)23(19)21-8-14-9-22(30-12-18(14)24(29)32-21)33-25(35)17-10-16(17)15-11-31-34(13-15)5-7-36-6-4-28/h1-3,8-9,11-13,16-17H,4-7,10,28H2,(H2,29,32)(H,30,33,35)/t16-,17+/m0/s1. The van der Waals surface area contributed by atoms with Crippen molar-refractivity contribution in [3.8, 4) is 11.3 Å². The van der Waals surface area contributed by atoms with Gasteiger partial charge in [-0.05, 0) is 47.6 Å². The number of hydrogen-bond donors (Lipinski definition) is 3. The van der Waals surface area contributed by atoms with Crippen molar-refractivity contribution in [2.75, 3.05) is 30.8 Å². The lowest BCUT2D eigenvalue weighted by molar-refractivity contribution is -0.117. The van der Waals surface area contributed by atoms with Crippen molar-refractivity contribution in [3.63, 3.8) is 0 Å². The van der Waals surface area contributed by atoms with Crippen LogP contribution in [0.15, 0.2) is 48.9 Å². The Morgan fingerprint density at radius 3 is 2.78 bits per heavy atom. The summed E-state index contributed by atoms with van der Waals surface area (Å²) in [6.45, 7) is 2.21. The average Bonchev–Trinajstić information content (AvgIpc) is 3.52. The van der Waals surface area contributed by atoms with E-state index in [4.69, 9.17) is 39.4 Å². The van der Waals surface area contributed by atoms with Crippen molar-refractivity contribution >= 4 is 51.5 Å². The summed E-state index contributed by atoms with van der Waals surface area (Å²) in [5.41, 5.74) is 13.8. The minimum Gasteiger partial charge on any atom is -0.383 e. The molecule has 5 N–H and O–H groups in total. The smallest absolute Gasteiger partial charge is 0.229 e. The van der Waals surface area contributed by atoms with Gasteiger partial charge in [0.2, 0.25) is 5.91 Å². The number of nitrogens with two attached hydrogens (primary N) is 2. The molecule has 1 fully saturated rings. The Bertz CT molecular complexity index is 1400. The number of nitrogens with zero attached hydrogens (tertiary/aromatic N) is 4. The van der Waals surface area contributed by atoms with E-state index in [1.54, 1.807) is 30.5 Å². The maximum Gasteiger partial charge on any atom is 0.229 e. The second kappa shape index (κ2) is 10.4. The first-order chi connectivity index (χ1) is 17.4. The van der Waals surface area contributed by atoms with Crippen molar-refractivity contribution in [2.45, 2.75) is 18.9 Å². The van der Waals surface area contributed by atoms with Gasteiger partial charge >= 0.3 is 0 Å². The molecule has 4 aromatic rings. The molecule has 5 rings (SSSR count). The third-order valence-corrected chi connectivity index (χ3v) is 6.78. The Hall–Kier alpha value is -3.24. The van der Waals surface area contributed by atoms with E-state index >= 15 is 0 Å². The van der Waals surface area contributed by atoms with Gasteiger partial charge in [-0.2, -0.15) is 5.10 Å². The molecule has 1 aromatic carbocycles. The lowest BCUT2D eigenvalue weighted by atomic mass is 10.1. The van der Waals surface area contributed by atoms with Crippen LogP contribution in [0.5, 0.6) is 0 Å². The van der Waals surface area contributed by atoms with Crippen LogP contribution in [0.3, 0.4) is 0 Å². The Kier molecular flexibility index (Phi) is 7.06. The van der Waals surface area contributed by atoms with E-state index in [1.807, 2.05) is 23.1 Å². The van der Waals surface area contributed by atoms with Crippen molar-refractivity contribution in [1.82, 2.24) is 19.7 Å². The van der Waals surface area contributed by atoms with Crippen LogP contribution in [-0.4, -0.2) is 45.4 Å². The Balaban J connectivity index is 1.28. The summed E-state index contributed by atoms with van der Waals surface area (Å²) in [4.78, 5) is 21.7. The summed E-state index contributed by atoms with van der Waals surface area (Å²) in [7, 11) is 0. The molecule has 1 aliphatic carbocycles. The second-order valence-electron chi connectivity index (χ2n) is 8.66. The van der Waals surface area contributed by atoms with Gasteiger partial charge in [-0.25, -0.2) is 9.97 Å². The normalized spacial score (nSPS) is 16.9. The minimum absolute atomic E-state index is 0.0812. The molecule has 2 atom stereocenters. The first-order valence-corrected chi connectivity index (χ1v) is 12.3. The minimum atomic E-state index is -0.131. The molecule has 0 saturated heterocycles. The van der Waals surface area contributed by atoms with Crippen molar-refractivity contribution in [3.05, 3.63) is 64.5 Å². The molecule has 9 nitrogen and oxygen atoms in total. The van der Waals surface area contributed by atoms with Crippen LogP contribution in [0.25, 0.3) is 22.0 Å². The summed E-state index contributed by atoms with van der Waals surface area (Å²) in [6, 6.07) is 8.87. The van der Waals surface area contributed by atoms with Gasteiger partial charge in [0, 0.05) is 35.8 Å². The molecular formula is C25H25Cl2N7O2. The maximum atomic E-state index is 12.9. The number of rotatable bonds is 9. The average molecular weight is 526 g/mol. The first-order valence-electron chi connectivity index (χ1n) is 11.6. The van der Waals surface area contributed by atoms with E-state index in [9.17, 15) is 4.79 Å². The number of carbonyl (C=O) groups is 1. The number of anilines is 2. The Labute approximate surface area is 217 Å². The molecule has 1 saturated carbocycles. The van der Waals surface area contributed by atoms with Crippen LogP contribution in [-0.2, 0) is 16.1 Å². The summed E-state index contributed by atoms with van der Waals surface area (Å²) in [5, 5.41) is 9.69. The third-order valence-electron chi connectivity index (χ3n) is 6.15. The van der Waals surface area contributed by atoms with Crippen LogP contribution >= 0.6 is 23.2 Å². The number of carbonyl (C=O) groups excluding carboxylic acids is 1. The number of hydrogen-bond acceptors (Lipinski definition) is 7. The predicted octanol–water partition coefficient (Wildman–Crippen LogP) is 4.10. The highest BCUT2D eigenvalue weighted by molar-refractivity contribution is 6.39. The van der Waals surface area contributed by atoms with E-state index in [2.05, 4.69) is 20.4 Å². The molecule has 0 spiro atoms. The molecule has 1 amide bonds. The third kappa shape index (κ3) is 5.15. The van der Waals surface area contributed by atoms with E-state index in [1.165, 1.54) is 0 Å². The zero-order valence-corrected chi connectivity index (χ0v) is 20.8. The first kappa shape index (κ1) is 24.5. The molecule has 186 valence electrons. The lowest BCUT2D eigenvalue weighted by Gasteiger charge is -2.11. The van der Waals surface area contributed by atoms with Gasteiger partial charge in [-0.1, -0.05) is 29.3 Å². The summed E-state index contributed by atoms with van der Waals surface area (Å²) in [6.07, 6.45) is 6.15. The number of amides is 1. The fourth-order valence-corrected chi connectivity index (χ4v) is 4.81. The van der Waals surface area contributed by atoms with Gasteiger partial charge in [0.15, 0.2) is 0 Å².